The third-order valence-corrected chi connectivity index (χ3v) is 5.28. The Kier molecular flexibility index (Phi) is 5.12. The molecule has 142 valence electrons. The van der Waals surface area contributed by atoms with Gasteiger partial charge in [0, 0.05) is 12.3 Å². The third-order valence-electron chi connectivity index (χ3n) is 4.37. The second kappa shape index (κ2) is 7.85. The van der Waals surface area contributed by atoms with Gasteiger partial charge in [-0.15, -0.1) is 10.2 Å². The van der Waals surface area contributed by atoms with Crippen molar-refractivity contribution in [3.05, 3.63) is 59.7 Å². The first-order valence-corrected chi connectivity index (χ1v) is 9.72. The van der Waals surface area contributed by atoms with Crippen molar-refractivity contribution in [1.82, 2.24) is 15.1 Å². The molecule has 0 atom stereocenters. The highest BCUT2D eigenvalue weighted by molar-refractivity contribution is 7.99. The summed E-state index contributed by atoms with van der Waals surface area (Å²) < 4.78 is 11.0. The van der Waals surface area contributed by atoms with E-state index >= 15 is 0 Å². The maximum atomic E-state index is 12.3. The third kappa shape index (κ3) is 3.38. The zero-order chi connectivity index (χ0) is 19.5. The van der Waals surface area contributed by atoms with Crippen molar-refractivity contribution < 1.29 is 18.7 Å². The van der Waals surface area contributed by atoms with Gasteiger partial charge in [0.1, 0.15) is 5.75 Å². The number of hydrogen-bond acceptors (Lipinski definition) is 7. The molecule has 2 aromatic carbocycles. The number of carbonyl (C=O) groups is 2. The van der Waals surface area contributed by atoms with Crippen LogP contribution in [0.4, 0.5) is 0 Å². The van der Waals surface area contributed by atoms with Crippen LogP contribution < -0.4 is 4.74 Å². The molecule has 0 spiro atoms. The van der Waals surface area contributed by atoms with E-state index in [9.17, 15) is 9.59 Å². The molecule has 0 saturated heterocycles. The lowest BCUT2D eigenvalue weighted by molar-refractivity contribution is 0.0655. The average Bonchev–Trinajstić information content (AvgIpc) is 3.30. The summed E-state index contributed by atoms with van der Waals surface area (Å²) in [5, 5.41) is 8.54. The van der Waals surface area contributed by atoms with Crippen molar-refractivity contribution in [2.45, 2.75) is 11.6 Å². The summed E-state index contributed by atoms with van der Waals surface area (Å²) in [5.74, 6) is 1.22. The summed E-state index contributed by atoms with van der Waals surface area (Å²) in [6.07, 6.45) is 0.627. The molecule has 4 rings (SSSR count). The summed E-state index contributed by atoms with van der Waals surface area (Å²) in [4.78, 5) is 26.0. The number of para-hydroxylation sites is 1. The summed E-state index contributed by atoms with van der Waals surface area (Å²) in [5.41, 5.74) is 1.67. The van der Waals surface area contributed by atoms with E-state index in [2.05, 4.69) is 10.2 Å². The summed E-state index contributed by atoms with van der Waals surface area (Å²) in [7, 11) is 1.59. The number of imide groups is 1. The molecule has 7 nitrogen and oxygen atoms in total. The van der Waals surface area contributed by atoms with Crippen molar-refractivity contribution in [3.8, 4) is 17.2 Å². The van der Waals surface area contributed by atoms with E-state index in [0.29, 0.717) is 46.7 Å². The van der Waals surface area contributed by atoms with E-state index in [1.54, 1.807) is 31.4 Å². The van der Waals surface area contributed by atoms with Crippen LogP contribution in [-0.2, 0) is 0 Å². The molecule has 8 heteroatoms. The Balaban J connectivity index is 1.33. The van der Waals surface area contributed by atoms with Gasteiger partial charge in [-0.2, -0.15) is 0 Å². The number of aromatic nitrogens is 2. The highest BCUT2D eigenvalue weighted by Gasteiger charge is 2.34. The minimum Gasteiger partial charge on any atom is -0.496 e. The van der Waals surface area contributed by atoms with Crippen LogP contribution in [0.2, 0.25) is 0 Å². The molecule has 0 fully saturated rings. The van der Waals surface area contributed by atoms with Crippen molar-refractivity contribution in [2.24, 2.45) is 0 Å². The Morgan fingerprint density at radius 3 is 2.29 bits per heavy atom. The van der Waals surface area contributed by atoms with Gasteiger partial charge in [0.2, 0.25) is 0 Å². The van der Waals surface area contributed by atoms with Gasteiger partial charge >= 0.3 is 0 Å². The van der Waals surface area contributed by atoms with Crippen molar-refractivity contribution >= 4 is 23.6 Å². The molecule has 3 aromatic rings. The highest BCUT2D eigenvalue weighted by atomic mass is 32.2. The number of rotatable bonds is 7. The van der Waals surface area contributed by atoms with E-state index < -0.39 is 0 Å². The molecule has 1 aromatic heterocycles. The maximum Gasteiger partial charge on any atom is 0.276 e. The lowest BCUT2D eigenvalue weighted by Crippen LogP contribution is -2.30. The number of nitrogens with zero attached hydrogens (tertiary/aromatic N) is 3. The number of thioether (sulfide) groups is 1. The van der Waals surface area contributed by atoms with Gasteiger partial charge in [-0.3, -0.25) is 14.5 Å². The first-order valence-electron chi connectivity index (χ1n) is 8.74. The summed E-state index contributed by atoms with van der Waals surface area (Å²) in [6.45, 7) is 0.354. The van der Waals surface area contributed by atoms with Gasteiger partial charge in [0.05, 0.1) is 23.8 Å². The fourth-order valence-corrected chi connectivity index (χ4v) is 3.71. The van der Waals surface area contributed by atoms with Crippen LogP contribution in [0.5, 0.6) is 5.75 Å². The van der Waals surface area contributed by atoms with Crippen LogP contribution >= 0.6 is 11.8 Å². The molecule has 2 amide bonds. The van der Waals surface area contributed by atoms with Gasteiger partial charge in [-0.05, 0) is 30.7 Å². The van der Waals surface area contributed by atoms with E-state index in [4.69, 9.17) is 9.15 Å². The van der Waals surface area contributed by atoms with Gasteiger partial charge in [0.25, 0.3) is 22.9 Å². The van der Waals surface area contributed by atoms with Gasteiger partial charge in [-0.1, -0.05) is 36.0 Å². The van der Waals surface area contributed by atoms with Crippen molar-refractivity contribution in [2.75, 3.05) is 19.4 Å². The second-order valence-electron chi connectivity index (χ2n) is 6.08. The van der Waals surface area contributed by atoms with Crippen LogP contribution in [0.3, 0.4) is 0 Å². The Hall–Kier alpha value is -3.13. The van der Waals surface area contributed by atoms with Crippen LogP contribution in [-0.4, -0.2) is 46.3 Å². The van der Waals surface area contributed by atoms with Crippen LogP contribution in [0.25, 0.3) is 11.5 Å². The Morgan fingerprint density at radius 2 is 1.61 bits per heavy atom. The van der Waals surface area contributed by atoms with Crippen molar-refractivity contribution in [1.29, 1.82) is 0 Å². The second-order valence-corrected chi connectivity index (χ2v) is 7.13. The minimum absolute atomic E-state index is 0.234. The molecule has 0 N–H and O–H groups in total. The summed E-state index contributed by atoms with van der Waals surface area (Å²) in [6, 6.07) is 14.3. The molecule has 1 aliphatic rings. The highest BCUT2D eigenvalue weighted by Crippen LogP contribution is 2.30. The largest absolute Gasteiger partial charge is 0.496 e. The predicted octanol–water partition coefficient (Wildman–Crippen LogP) is 3.52. The first-order chi connectivity index (χ1) is 13.7. The fraction of sp³-hybridized carbons (Fsp3) is 0.200. The maximum absolute atomic E-state index is 12.3. The molecule has 0 saturated carbocycles. The normalized spacial score (nSPS) is 13.1. The molecule has 0 bridgehead atoms. The zero-order valence-corrected chi connectivity index (χ0v) is 15.9. The lowest BCUT2D eigenvalue weighted by atomic mass is 10.1. The molecular formula is C20H17N3O4S. The number of ether oxygens (including phenoxy) is 1. The SMILES string of the molecule is COc1ccccc1-c1nnc(SCCCN2C(=O)c3ccccc3C2=O)o1. The monoisotopic (exact) mass is 395 g/mol. The van der Waals surface area contributed by atoms with E-state index in [1.165, 1.54) is 16.7 Å². The number of benzene rings is 2. The Morgan fingerprint density at radius 1 is 0.964 bits per heavy atom. The smallest absolute Gasteiger partial charge is 0.276 e. The number of fused-ring (bicyclic) bond motifs is 1. The zero-order valence-electron chi connectivity index (χ0n) is 15.1. The van der Waals surface area contributed by atoms with Crippen LogP contribution in [0.15, 0.2) is 58.2 Å². The minimum atomic E-state index is -0.234. The quantitative estimate of drug-likeness (QED) is 0.344. The van der Waals surface area contributed by atoms with E-state index in [1.807, 2.05) is 24.3 Å². The number of methoxy groups -OCH3 is 1. The Labute approximate surface area is 165 Å². The molecule has 28 heavy (non-hydrogen) atoms. The fourth-order valence-electron chi connectivity index (χ4n) is 3.02. The molecule has 0 unspecified atom stereocenters. The van der Waals surface area contributed by atoms with Gasteiger partial charge in [0.15, 0.2) is 0 Å². The molecule has 2 heterocycles. The van der Waals surface area contributed by atoms with E-state index in [0.717, 1.165) is 5.56 Å². The topological polar surface area (TPSA) is 85.5 Å². The molecule has 0 aliphatic carbocycles. The standard InChI is InChI=1S/C20H17N3O4S/c1-26-16-10-5-4-9-15(16)17-21-22-20(27-17)28-12-6-11-23-18(24)13-7-2-3-8-14(13)19(23)25/h2-5,7-10H,6,11-12H2,1H3. The molecule has 0 radical (unpaired) electrons. The number of carbonyl (C=O) groups excluding carboxylic acids is 2. The summed E-state index contributed by atoms with van der Waals surface area (Å²) >= 11 is 1.39. The first kappa shape index (κ1) is 18.2. The van der Waals surface area contributed by atoms with Gasteiger partial charge in [-0.25, -0.2) is 0 Å². The predicted molar refractivity (Wildman–Crippen MR) is 103 cm³/mol. The number of hydrogen-bond donors (Lipinski definition) is 0. The van der Waals surface area contributed by atoms with Gasteiger partial charge < -0.3 is 9.15 Å². The molecule has 1 aliphatic heterocycles. The molecular weight excluding hydrogens is 378 g/mol. The Bertz CT molecular complexity index is 999. The lowest BCUT2D eigenvalue weighted by Gasteiger charge is -2.12. The average molecular weight is 395 g/mol. The number of amides is 2. The van der Waals surface area contributed by atoms with Crippen molar-refractivity contribution in [3.63, 3.8) is 0 Å². The van der Waals surface area contributed by atoms with Crippen LogP contribution in [0, 0.1) is 0 Å². The van der Waals surface area contributed by atoms with E-state index in [-0.39, 0.29) is 11.8 Å². The van der Waals surface area contributed by atoms with Crippen LogP contribution in [0.1, 0.15) is 27.1 Å².